The van der Waals surface area contributed by atoms with E-state index in [0.29, 0.717) is 0 Å². The van der Waals surface area contributed by atoms with Gasteiger partial charge in [0.05, 0.1) is 0 Å². The third-order valence-corrected chi connectivity index (χ3v) is 4.72. The molecule has 2 rings (SSSR count). The van der Waals surface area contributed by atoms with Crippen molar-refractivity contribution >= 4 is 5.91 Å². The van der Waals surface area contributed by atoms with Gasteiger partial charge in [-0.1, -0.05) is 19.3 Å². The highest BCUT2D eigenvalue weighted by Gasteiger charge is 2.18. The maximum atomic E-state index is 11.9. The molecule has 1 aliphatic heterocycles. The van der Waals surface area contributed by atoms with Gasteiger partial charge in [0.2, 0.25) is 5.91 Å². The molecule has 0 unspecified atom stereocenters. The molecule has 0 radical (unpaired) electrons. The highest BCUT2D eigenvalue weighted by molar-refractivity contribution is 5.93. The molecule has 0 spiro atoms. The third-order valence-electron chi connectivity index (χ3n) is 4.72. The van der Waals surface area contributed by atoms with Crippen molar-refractivity contribution < 1.29 is 4.79 Å². The molecule has 0 bridgehead atoms. The predicted molar refractivity (Wildman–Crippen MR) is 82.7 cm³/mol. The van der Waals surface area contributed by atoms with Gasteiger partial charge >= 0.3 is 0 Å². The fourth-order valence-corrected chi connectivity index (χ4v) is 3.04. The van der Waals surface area contributed by atoms with Gasteiger partial charge in [0.15, 0.2) is 0 Å². The average molecular weight is 279 g/mol. The lowest BCUT2D eigenvalue weighted by Gasteiger charge is -2.31. The van der Waals surface area contributed by atoms with E-state index in [1.807, 2.05) is 6.92 Å². The zero-order chi connectivity index (χ0) is 14.4. The van der Waals surface area contributed by atoms with Gasteiger partial charge in [-0.3, -0.25) is 4.79 Å². The Hall–Kier alpha value is -0.870. The summed E-state index contributed by atoms with van der Waals surface area (Å²) in [5.41, 5.74) is 2.16. The summed E-state index contributed by atoms with van der Waals surface area (Å²) in [6, 6.07) is 0.768. The molecule has 4 nitrogen and oxygen atoms in total. The van der Waals surface area contributed by atoms with Gasteiger partial charge < -0.3 is 15.5 Å². The molecule has 114 valence electrons. The molecule has 0 aromatic rings. The van der Waals surface area contributed by atoms with Crippen LogP contribution in [-0.2, 0) is 4.79 Å². The Bertz CT molecular complexity index is 353. The first kappa shape index (κ1) is 15.5. The molecule has 0 aromatic heterocycles. The summed E-state index contributed by atoms with van der Waals surface area (Å²) >= 11 is 0. The van der Waals surface area contributed by atoms with Crippen molar-refractivity contribution in [2.75, 3.05) is 33.2 Å². The second-order valence-electron chi connectivity index (χ2n) is 6.21. The van der Waals surface area contributed by atoms with Crippen molar-refractivity contribution in [3.05, 3.63) is 11.1 Å². The molecule has 0 aromatic carbocycles. The van der Waals surface area contributed by atoms with Crippen LogP contribution >= 0.6 is 0 Å². The lowest BCUT2D eigenvalue weighted by atomic mass is 9.94. The molecule has 4 heteroatoms. The van der Waals surface area contributed by atoms with Gasteiger partial charge in [-0.15, -0.1) is 0 Å². The van der Waals surface area contributed by atoms with Crippen molar-refractivity contribution in [1.29, 1.82) is 0 Å². The smallest absolute Gasteiger partial charge is 0.246 e. The number of carbonyl (C=O) groups excluding carboxylic acids is 1. The average Bonchev–Trinajstić information content (AvgIpc) is 2.42. The van der Waals surface area contributed by atoms with Crippen LogP contribution in [0.5, 0.6) is 0 Å². The normalized spacial score (nSPS) is 19.9. The van der Waals surface area contributed by atoms with Crippen LogP contribution in [0.25, 0.3) is 0 Å². The van der Waals surface area contributed by atoms with E-state index in [4.69, 9.17) is 0 Å². The van der Waals surface area contributed by atoms with Crippen molar-refractivity contribution in [2.24, 2.45) is 0 Å². The van der Waals surface area contributed by atoms with Crippen LogP contribution in [-0.4, -0.2) is 50.1 Å². The number of hydrogen-bond acceptors (Lipinski definition) is 3. The Morgan fingerprint density at radius 1 is 1.30 bits per heavy atom. The number of carbonyl (C=O) groups is 1. The second kappa shape index (κ2) is 7.79. The lowest BCUT2D eigenvalue weighted by Crippen LogP contribution is -2.38. The fraction of sp³-hybridized carbons (Fsp3) is 0.812. The molecule has 1 saturated carbocycles. The first-order valence-corrected chi connectivity index (χ1v) is 8.06. The zero-order valence-electron chi connectivity index (χ0n) is 13.0. The van der Waals surface area contributed by atoms with Crippen molar-refractivity contribution in [1.82, 2.24) is 15.5 Å². The SMILES string of the molecule is CC(C(=O)NCCCN(C)C1CCCCC1)=C1CNC1. The van der Waals surface area contributed by atoms with Gasteiger partial charge in [-0.2, -0.15) is 0 Å². The molecule has 1 aliphatic carbocycles. The monoisotopic (exact) mass is 279 g/mol. The van der Waals surface area contributed by atoms with Crippen LogP contribution in [0.2, 0.25) is 0 Å². The summed E-state index contributed by atoms with van der Waals surface area (Å²) in [7, 11) is 2.23. The number of rotatable bonds is 6. The summed E-state index contributed by atoms with van der Waals surface area (Å²) in [6.07, 6.45) is 7.91. The standard InChI is InChI=1S/C16H29N3O/c1-13(14-11-17-12-14)16(20)18-9-6-10-19(2)15-7-4-3-5-8-15/h15,17H,3-12H2,1-2H3,(H,18,20). The fourth-order valence-electron chi connectivity index (χ4n) is 3.04. The van der Waals surface area contributed by atoms with E-state index in [0.717, 1.165) is 44.2 Å². The summed E-state index contributed by atoms with van der Waals surface area (Å²) in [5.74, 6) is 0.113. The Labute approximate surface area is 123 Å². The van der Waals surface area contributed by atoms with Crippen LogP contribution in [0.4, 0.5) is 0 Å². The van der Waals surface area contributed by atoms with E-state index < -0.39 is 0 Å². The largest absolute Gasteiger partial charge is 0.352 e. The molecule has 1 heterocycles. The van der Waals surface area contributed by atoms with E-state index in [-0.39, 0.29) is 5.91 Å². The van der Waals surface area contributed by atoms with Gasteiger partial charge in [0.1, 0.15) is 0 Å². The third kappa shape index (κ3) is 4.32. The van der Waals surface area contributed by atoms with E-state index in [9.17, 15) is 4.79 Å². The molecule has 2 aliphatic rings. The van der Waals surface area contributed by atoms with Crippen LogP contribution in [0.3, 0.4) is 0 Å². The molecule has 0 atom stereocenters. The van der Waals surface area contributed by atoms with Gasteiger partial charge in [-0.05, 0) is 45.4 Å². The molecular weight excluding hydrogens is 250 g/mol. The Balaban J connectivity index is 1.60. The van der Waals surface area contributed by atoms with Crippen molar-refractivity contribution in [2.45, 2.75) is 51.5 Å². The molecule has 1 saturated heterocycles. The highest BCUT2D eigenvalue weighted by Crippen LogP contribution is 2.21. The molecule has 2 fully saturated rings. The highest BCUT2D eigenvalue weighted by atomic mass is 16.1. The van der Waals surface area contributed by atoms with Crippen LogP contribution in [0, 0.1) is 0 Å². The van der Waals surface area contributed by atoms with Crippen LogP contribution in [0.15, 0.2) is 11.1 Å². The summed E-state index contributed by atoms with van der Waals surface area (Å²) in [4.78, 5) is 14.4. The van der Waals surface area contributed by atoms with Crippen molar-refractivity contribution in [3.63, 3.8) is 0 Å². The number of amides is 1. The quantitative estimate of drug-likeness (QED) is 0.574. The Morgan fingerprint density at radius 3 is 2.60 bits per heavy atom. The van der Waals surface area contributed by atoms with E-state index in [2.05, 4.69) is 22.6 Å². The number of hydrogen-bond donors (Lipinski definition) is 2. The molecule has 20 heavy (non-hydrogen) atoms. The summed E-state index contributed by atoms with van der Waals surface area (Å²) in [5, 5.41) is 6.21. The van der Waals surface area contributed by atoms with Gasteiger partial charge in [-0.25, -0.2) is 0 Å². The zero-order valence-corrected chi connectivity index (χ0v) is 13.0. The predicted octanol–water partition coefficient (Wildman–Crippen LogP) is 1.68. The molecule has 1 amide bonds. The van der Waals surface area contributed by atoms with Gasteiger partial charge in [0, 0.05) is 31.2 Å². The van der Waals surface area contributed by atoms with E-state index in [1.54, 1.807) is 0 Å². The van der Waals surface area contributed by atoms with E-state index in [1.165, 1.54) is 37.7 Å². The minimum atomic E-state index is 0.113. The molecule has 2 N–H and O–H groups in total. The topological polar surface area (TPSA) is 44.4 Å². The van der Waals surface area contributed by atoms with E-state index >= 15 is 0 Å². The van der Waals surface area contributed by atoms with Crippen LogP contribution < -0.4 is 10.6 Å². The second-order valence-corrected chi connectivity index (χ2v) is 6.21. The lowest BCUT2D eigenvalue weighted by molar-refractivity contribution is -0.117. The maximum absolute atomic E-state index is 11.9. The molecular formula is C16H29N3O. The minimum absolute atomic E-state index is 0.113. The maximum Gasteiger partial charge on any atom is 0.246 e. The Morgan fingerprint density at radius 2 is 2.00 bits per heavy atom. The summed E-state index contributed by atoms with van der Waals surface area (Å²) in [6.45, 7) is 5.56. The first-order valence-electron chi connectivity index (χ1n) is 8.06. The Kier molecular flexibility index (Phi) is 6.05. The number of nitrogens with one attached hydrogen (secondary N) is 2. The van der Waals surface area contributed by atoms with Crippen molar-refractivity contribution in [3.8, 4) is 0 Å². The number of nitrogens with zero attached hydrogens (tertiary/aromatic N) is 1. The first-order chi connectivity index (χ1) is 9.68. The van der Waals surface area contributed by atoms with Gasteiger partial charge in [0.25, 0.3) is 0 Å². The minimum Gasteiger partial charge on any atom is -0.352 e. The summed E-state index contributed by atoms with van der Waals surface area (Å²) < 4.78 is 0. The van der Waals surface area contributed by atoms with Crippen LogP contribution in [0.1, 0.15) is 45.4 Å².